The van der Waals surface area contributed by atoms with Gasteiger partial charge < -0.3 is 10.8 Å². The predicted molar refractivity (Wildman–Crippen MR) is 51.0 cm³/mol. The molecule has 14 heavy (non-hydrogen) atoms. The summed E-state index contributed by atoms with van der Waals surface area (Å²) < 4.78 is 26.2. The molecule has 0 heterocycles. The summed E-state index contributed by atoms with van der Waals surface area (Å²) in [5.41, 5.74) is 6.29. The van der Waals surface area contributed by atoms with Crippen molar-refractivity contribution in [3.8, 4) is 0 Å². The smallest absolute Gasteiger partial charge is 0.277 e. The molecule has 0 aromatic heterocycles. The van der Waals surface area contributed by atoms with Crippen LogP contribution < -0.4 is 5.73 Å². The molecule has 1 rings (SSSR count). The molecular weight excluding hydrogens is 188 g/mol. The Bertz CT molecular complexity index is 259. The first kappa shape index (κ1) is 11.3. The molecule has 0 spiro atoms. The Morgan fingerprint density at radius 2 is 2.36 bits per heavy atom. The highest BCUT2D eigenvalue weighted by Crippen LogP contribution is 2.32. The van der Waals surface area contributed by atoms with Crippen LogP contribution in [0.4, 0.5) is 8.78 Å². The molecule has 0 fully saturated rings. The standard InChI is InChI=1S/C10H15F2NO/c1-7(13)8-3-2-4-9(5-8)10(11,12)6-14/h2-3,5,7,9,14H,4,6,13H2,1H3. The Labute approximate surface area is 82.1 Å². The molecule has 0 aromatic carbocycles. The maximum atomic E-state index is 13.1. The molecule has 3 N–H and O–H groups in total. The van der Waals surface area contributed by atoms with Gasteiger partial charge in [-0.05, 0) is 18.9 Å². The number of rotatable bonds is 3. The SMILES string of the molecule is CC(N)C1=CC(C(F)(F)CO)CC=C1. The number of aliphatic hydroxyl groups is 1. The van der Waals surface area contributed by atoms with Gasteiger partial charge in [0.2, 0.25) is 0 Å². The lowest BCUT2D eigenvalue weighted by atomic mass is 9.89. The average molecular weight is 203 g/mol. The predicted octanol–water partition coefficient (Wildman–Crippen LogP) is 1.46. The third kappa shape index (κ3) is 2.39. The molecular formula is C10H15F2NO. The summed E-state index contributed by atoms with van der Waals surface area (Å²) in [6.45, 7) is 0.629. The van der Waals surface area contributed by atoms with E-state index in [1.54, 1.807) is 19.1 Å². The molecule has 1 aliphatic carbocycles. The maximum Gasteiger partial charge on any atom is 0.277 e. The van der Waals surface area contributed by atoms with Crippen LogP contribution >= 0.6 is 0 Å². The molecule has 2 unspecified atom stereocenters. The van der Waals surface area contributed by atoms with Crippen molar-refractivity contribution in [3.05, 3.63) is 23.8 Å². The third-order valence-corrected chi connectivity index (χ3v) is 2.37. The Hall–Kier alpha value is -0.740. The minimum Gasteiger partial charge on any atom is -0.390 e. The van der Waals surface area contributed by atoms with E-state index in [4.69, 9.17) is 10.8 Å². The molecule has 0 saturated carbocycles. The number of alkyl halides is 2. The highest BCUT2D eigenvalue weighted by Gasteiger charge is 2.37. The summed E-state index contributed by atoms with van der Waals surface area (Å²) in [5, 5.41) is 8.54. The van der Waals surface area contributed by atoms with Gasteiger partial charge in [-0.25, -0.2) is 8.78 Å². The van der Waals surface area contributed by atoms with Gasteiger partial charge in [0.1, 0.15) is 6.61 Å². The number of halogens is 2. The van der Waals surface area contributed by atoms with E-state index in [-0.39, 0.29) is 12.5 Å². The quantitative estimate of drug-likeness (QED) is 0.729. The van der Waals surface area contributed by atoms with Crippen molar-refractivity contribution in [1.82, 2.24) is 0 Å². The van der Waals surface area contributed by atoms with E-state index in [0.29, 0.717) is 5.57 Å². The minimum atomic E-state index is -3.05. The van der Waals surface area contributed by atoms with Gasteiger partial charge in [-0.3, -0.25) is 0 Å². The topological polar surface area (TPSA) is 46.2 Å². The lowest BCUT2D eigenvalue weighted by molar-refractivity contribution is -0.0826. The molecule has 0 amide bonds. The van der Waals surface area contributed by atoms with Crippen LogP contribution in [-0.4, -0.2) is 23.7 Å². The van der Waals surface area contributed by atoms with E-state index in [2.05, 4.69) is 0 Å². The van der Waals surface area contributed by atoms with Crippen LogP contribution in [0, 0.1) is 5.92 Å². The zero-order valence-electron chi connectivity index (χ0n) is 8.08. The van der Waals surface area contributed by atoms with Crippen LogP contribution in [0.15, 0.2) is 23.8 Å². The fraction of sp³-hybridized carbons (Fsp3) is 0.600. The lowest BCUT2D eigenvalue weighted by Gasteiger charge is -2.25. The van der Waals surface area contributed by atoms with E-state index in [1.807, 2.05) is 0 Å². The highest BCUT2D eigenvalue weighted by molar-refractivity contribution is 5.28. The summed E-state index contributed by atoms with van der Waals surface area (Å²) in [6.07, 6.45) is 5.15. The third-order valence-electron chi connectivity index (χ3n) is 2.37. The van der Waals surface area contributed by atoms with Crippen molar-refractivity contribution in [2.24, 2.45) is 11.7 Å². The molecule has 0 radical (unpaired) electrons. The summed E-state index contributed by atoms with van der Waals surface area (Å²) in [4.78, 5) is 0. The summed E-state index contributed by atoms with van der Waals surface area (Å²) in [6, 6.07) is -0.247. The molecule has 1 aliphatic rings. The van der Waals surface area contributed by atoms with Gasteiger partial charge in [0.05, 0.1) is 0 Å². The molecule has 2 nitrogen and oxygen atoms in total. The zero-order valence-corrected chi connectivity index (χ0v) is 8.08. The number of hydrogen-bond donors (Lipinski definition) is 2. The van der Waals surface area contributed by atoms with Gasteiger partial charge in [0.15, 0.2) is 0 Å². The van der Waals surface area contributed by atoms with Crippen LogP contribution in [0.1, 0.15) is 13.3 Å². The Morgan fingerprint density at radius 3 is 2.86 bits per heavy atom. The van der Waals surface area contributed by atoms with Crippen LogP contribution in [0.25, 0.3) is 0 Å². The number of hydrogen-bond acceptors (Lipinski definition) is 2. The summed E-state index contributed by atoms with van der Waals surface area (Å²) in [7, 11) is 0. The van der Waals surface area contributed by atoms with Gasteiger partial charge >= 0.3 is 0 Å². The van der Waals surface area contributed by atoms with Gasteiger partial charge in [-0.2, -0.15) is 0 Å². The number of nitrogens with two attached hydrogens (primary N) is 1. The molecule has 0 aromatic rings. The first-order chi connectivity index (χ1) is 6.47. The normalized spacial score (nSPS) is 24.6. The lowest BCUT2D eigenvalue weighted by Crippen LogP contribution is -2.33. The van der Waals surface area contributed by atoms with E-state index < -0.39 is 18.4 Å². The Morgan fingerprint density at radius 1 is 1.71 bits per heavy atom. The maximum absolute atomic E-state index is 13.1. The van der Waals surface area contributed by atoms with Gasteiger partial charge in [-0.15, -0.1) is 0 Å². The highest BCUT2D eigenvalue weighted by atomic mass is 19.3. The molecule has 80 valence electrons. The Balaban J connectivity index is 2.80. The van der Waals surface area contributed by atoms with E-state index in [0.717, 1.165) is 0 Å². The van der Waals surface area contributed by atoms with E-state index in [9.17, 15) is 8.78 Å². The molecule has 4 heteroatoms. The van der Waals surface area contributed by atoms with Gasteiger partial charge in [0.25, 0.3) is 5.92 Å². The fourth-order valence-corrected chi connectivity index (χ4v) is 1.42. The van der Waals surface area contributed by atoms with Crippen molar-refractivity contribution >= 4 is 0 Å². The van der Waals surface area contributed by atoms with Crippen molar-refractivity contribution in [3.63, 3.8) is 0 Å². The first-order valence-electron chi connectivity index (χ1n) is 4.60. The minimum absolute atomic E-state index is 0.247. The van der Waals surface area contributed by atoms with Crippen LogP contribution in [-0.2, 0) is 0 Å². The monoisotopic (exact) mass is 203 g/mol. The van der Waals surface area contributed by atoms with Crippen molar-refractivity contribution < 1.29 is 13.9 Å². The number of allylic oxidation sites excluding steroid dienone is 2. The second-order valence-corrected chi connectivity index (χ2v) is 3.62. The van der Waals surface area contributed by atoms with Crippen LogP contribution in [0.5, 0.6) is 0 Å². The fourth-order valence-electron chi connectivity index (χ4n) is 1.42. The molecule has 0 aliphatic heterocycles. The van der Waals surface area contributed by atoms with Gasteiger partial charge in [-0.1, -0.05) is 18.2 Å². The molecule has 0 bridgehead atoms. The van der Waals surface area contributed by atoms with Crippen LogP contribution in [0.3, 0.4) is 0 Å². The van der Waals surface area contributed by atoms with Crippen LogP contribution in [0.2, 0.25) is 0 Å². The largest absolute Gasteiger partial charge is 0.390 e. The second kappa shape index (κ2) is 4.19. The van der Waals surface area contributed by atoms with Crippen molar-refractivity contribution in [2.45, 2.75) is 25.3 Å². The van der Waals surface area contributed by atoms with Crippen molar-refractivity contribution in [1.29, 1.82) is 0 Å². The van der Waals surface area contributed by atoms with Gasteiger partial charge in [0, 0.05) is 12.0 Å². The second-order valence-electron chi connectivity index (χ2n) is 3.62. The van der Waals surface area contributed by atoms with E-state index >= 15 is 0 Å². The first-order valence-corrected chi connectivity index (χ1v) is 4.60. The number of aliphatic hydroxyl groups excluding tert-OH is 1. The molecule has 0 saturated heterocycles. The summed E-state index contributed by atoms with van der Waals surface area (Å²) in [5.74, 6) is -3.98. The zero-order chi connectivity index (χ0) is 10.8. The Kier molecular flexibility index (Phi) is 3.39. The summed E-state index contributed by atoms with van der Waals surface area (Å²) >= 11 is 0. The van der Waals surface area contributed by atoms with E-state index in [1.165, 1.54) is 6.08 Å². The molecule has 2 atom stereocenters. The van der Waals surface area contributed by atoms with Crippen molar-refractivity contribution in [2.75, 3.05) is 6.61 Å². The average Bonchev–Trinajstić information content (AvgIpc) is 2.18.